The van der Waals surface area contributed by atoms with E-state index in [0.29, 0.717) is 22.5 Å². The molecule has 0 radical (unpaired) electrons. The molecule has 0 unspecified atom stereocenters. The van der Waals surface area contributed by atoms with E-state index in [0.717, 1.165) is 55.2 Å². The summed E-state index contributed by atoms with van der Waals surface area (Å²) in [6.45, 7) is 8.53. The lowest BCUT2D eigenvalue weighted by Crippen LogP contribution is -2.29. The molecule has 0 fully saturated rings. The van der Waals surface area contributed by atoms with Gasteiger partial charge in [-0.05, 0) is 85.3 Å². The molecular weight excluding hydrogens is 637 g/mol. The fourth-order valence-electron chi connectivity index (χ4n) is 8.14. The molecule has 8 aromatic rings. The zero-order valence-corrected chi connectivity index (χ0v) is 29.6. The third kappa shape index (κ3) is 4.83. The summed E-state index contributed by atoms with van der Waals surface area (Å²) in [5, 5.41) is 2.17. The van der Waals surface area contributed by atoms with Crippen molar-refractivity contribution in [3.8, 4) is 39.1 Å². The molecule has 52 heavy (non-hydrogen) atoms. The van der Waals surface area contributed by atoms with Crippen molar-refractivity contribution >= 4 is 39.3 Å². The number of fused-ring (bicyclic) bond motifs is 4. The number of benzene rings is 7. The Morgan fingerprint density at radius 1 is 0.423 bits per heavy atom. The molecule has 0 atom stereocenters. The summed E-state index contributed by atoms with van der Waals surface area (Å²) in [5.74, 6) is -0.648. The van der Waals surface area contributed by atoms with Gasteiger partial charge in [0.25, 0.3) is 11.8 Å². The number of carbonyl (C=O) groups is 2. The normalized spacial score (nSPS) is 12.7. The number of para-hydroxylation sites is 2. The van der Waals surface area contributed by atoms with E-state index in [4.69, 9.17) is 0 Å². The number of aromatic nitrogens is 1. The molecule has 0 saturated heterocycles. The summed E-state index contributed by atoms with van der Waals surface area (Å²) in [4.78, 5) is 30.3. The molecule has 1 aliphatic rings. The summed E-state index contributed by atoms with van der Waals surface area (Å²) in [5.41, 5.74) is 15.3. The maximum atomic E-state index is 14.7. The lowest BCUT2D eigenvalue weighted by atomic mass is 9.95. The Morgan fingerprint density at radius 2 is 0.942 bits per heavy atom. The Bertz CT molecular complexity index is 2650. The Hall–Kier alpha value is -6.52. The zero-order chi connectivity index (χ0) is 35.7. The number of aryl methyl sites for hydroxylation is 4. The topological polar surface area (TPSA) is 42.3 Å². The van der Waals surface area contributed by atoms with E-state index in [9.17, 15) is 9.59 Å². The molecule has 0 aliphatic carbocycles. The van der Waals surface area contributed by atoms with Crippen LogP contribution in [0.15, 0.2) is 146 Å². The van der Waals surface area contributed by atoms with Gasteiger partial charge in [0.05, 0.1) is 33.5 Å². The largest absolute Gasteiger partial charge is 0.307 e. The van der Waals surface area contributed by atoms with Crippen LogP contribution in [0.4, 0.5) is 5.69 Å². The highest BCUT2D eigenvalue weighted by Crippen LogP contribution is 2.45. The molecule has 0 saturated carbocycles. The van der Waals surface area contributed by atoms with Crippen LogP contribution in [0.5, 0.6) is 0 Å². The average molecular weight is 673 g/mol. The third-order valence-corrected chi connectivity index (χ3v) is 10.5. The smallest absolute Gasteiger partial charge is 0.268 e. The average Bonchev–Trinajstić information content (AvgIpc) is 3.63. The van der Waals surface area contributed by atoms with Crippen LogP contribution in [0.1, 0.15) is 43.0 Å². The minimum Gasteiger partial charge on any atom is -0.307 e. The number of anilines is 1. The van der Waals surface area contributed by atoms with Crippen molar-refractivity contribution in [1.29, 1.82) is 0 Å². The van der Waals surface area contributed by atoms with E-state index in [2.05, 4.69) is 105 Å². The van der Waals surface area contributed by atoms with Gasteiger partial charge in [-0.2, -0.15) is 0 Å². The van der Waals surface area contributed by atoms with Gasteiger partial charge in [0.2, 0.25) is 0 Å². The van der Waals surface area contributed by atoms with E-state index in [-0.39, 0.29) is 11.8 Å². The van der Waals surface area contributed by atoms with Crippen molar-refractivity contribution in [2.75, 3.05) is 4.90 Å². The van der Waals surface area contributed by atoms with Crippen LogP contribution in [0.25, 0.3) is 60.9 Å². The maximum Gasteiger partial charge on any atom is 0.268 e. The van der Waals surface area contributed by atoms with Crippen LogP contribution >= 0.6 is 0 Å². The predicted octanol–water partition coefficient (Wildman–Crippen LogP) is 11.8. The third-order valence-electron chi connectivity index (χ3n) is 10.5. The van der Waals surface area contributed by atoms with Gasteiger partial charge < -0.3 is 4.57 Å². The van der Waals surface area contributed by atoms with E-state index in [1.165, 1.54) is 27.2 Å². The highest BCUT2D eigenvalue weighted by molar-refractivity contribution is 6.36. The van der Waals surface area contributed by atoms with Crippen LogP contribution in [0.3, 0.4) is 0 Å². The van der Waals surface area contributed by atoms with Crippen molar-refractivity contribution in [3.63, 3.8) is 0 Å². The van der Waals surface area contributed by atoms with E-state index in [1.54, 1.807) is 6.07 Å². The quantitative estimate of drug-likeness (QED) is 0.171. The predicted molar refractivity (Wildman–Crippen MR) is 214 cm³/mol. The second-order valence-electron chi connectivity index (χ2n) is 13.9. The number of rotatable bonds is 5. The molecule has 9 rings (SSSR count). The van der Waals surface area contributed by atoms with E-state index >= 15 is 0 Å². The zero-order valence-electron chi connectivity index (χ0n) is 29.6. The summed E-state index contributed by atoms with van der Waals surface area (Å²) in [7, 11) is 0. The molecule has 4 nitrogen and oxygen atoms in total. The molecule has 4 heteroatoms. The van der Waals surface area contributed by atoms with Crippen LogP contribution in [-0.4, -0.2) is 16.4 Å². The summed E-state index contributed by atoms with van der Waals surface area (Å²) in [6, 6.07) is 49.4. The second-order valence-corrected chi connectivity index (χ2v) is 13.9. The molecule has 0 bridgehead atoms. The minimum atomic E-state index is -0.328. The van der Waals surface area contributed by atoms with Crippen LogP contribution in [-0.2, 0) is 0 Å². The number of hydrogen-bond donors (Lipinski definition) is 0. The van der Waals surface area contributed by atoms with Crippen molar-refractivity contribution in [2.45, 2.75) is 27.7 Å². The molecule has 250 valence electrons. The Morgan fingerprint density at radius 3 is 1.50 bits per heavy atom. The number of carbonyl (C=O) groups excluding carboxylic acids is 2. The minimum absolute atomic E-state index is 0.320. The van der Waals surface area contributed by atoms with Crippen LogP contribution in [0, 0.1) is 27.7 Å². The first-order valence-electron chi connectivity index (χ1n) is 17.7. The molecule has 2 amide bonds. The summed E-state index contributed by atoms with van der Waals surface area (Å²) < 4.78 is 2.25. The Balaban J connectivity index is 1.32. The van der Waals surface area contributed by atoms with Gasteiger partial charge in [-0.25, -0.2) is 4.90 Å². The number of hydrogen-bond acceptors (Lipinski definition) is 2. The van der Waals surface area contributed by atoms with Gasteiger partial charge in [0, 0.05) is 21.9 Å². The highest BCUT2D eigenvalue weighted by Gasteiger charge is 2.39. The van der Waals surface area contributed by atoms with Crippen LogP contribution in [0.2, 0.25) is 0 Å². The fourth-order valence-corrected chi connectivity index (χ4v) is 8.14. The van der Waals surface area contributed by atoms with Gasteiger partial charge in [0.15, 0.2) is 0 Å². The Kier molecular flexibility index (Phi) is 7.30. The fraction of sp³-hybridized carbons (Fsp3) is 0.0833. The molecule has 7 aromatic carbocycles. The van der Waals surface area contributed by atoms with Gasteiger partial charge in [-0.1, -0.05) is 132 Å². The highest BCUT2D eigenvalue weighted by atomic mass is 16.2. The van der Waals surface area contributed by atoms with Crippen molar-refractivity contribution < 1.29 is 9.59 Å². The lowest BCUT2D eigenvalue weighted by Gasteiger charge is -2.18. The van der Waals surface area contributed by atoms with Gasteiger partial charge >= 0.3 is 0 Å². The van der Waals surface area contributed by atoms with E-state index < -0.39 is 0 Å². The monoisotopic (exact) mass is 672 g/mol. The van der Waals surface area contributed by atoms with Crippen molar-refractivity contribution in [2.24, 2.45) is 0 Å². The first-order valence-corrected chi connectivity index (χ1v) is 17.7. The molecule has 2 heterocycles. The van der Waals surface area contributed by atoms with Gasteiger partial charge in [-0.3, -0.25) is 9.59 Å². The van der Waals surface area contributed by atoms with E-state index in [1.807, 2.05) is 66.7 Å². The second kappa shape index (κ2) is 12.1. The molecule has 0 N–H and O–H groups in total. The number of imide groups is 1. The standard InChI is InChI=1S/C48H36N2O2/c1-29-19-25-36(31(3)27-29)38-13-8-15-40-41-16-9-14-39(37-26-20-30(2)28-32(37)4)46(41)50(45(38)40)43-18-10-17-42-44(43)48(52)49(47(42)51)35-23-21-34(22-24-35)33-11-6-5-7-12-33/h5-28H,1-4H3. The summed E-state index contributed by atoms with van der Waals surface area (Å²) in [6.07, 6.45) is 0. The molecule has 0 spiro atoms. The summed E-state index contributed by atoms with van der Waals surface area (Å²) >= 11 is 0. The SMILES string of the molecule is Cc1ccc(-c2cccc3c4cccc(-c5ccc(C)cc5C)c4n(-c4cccc5c4C(=O)N(c4ccc(-c6ccccc6)cc4)C5=O)c23)c(C)c1. The first kappa shape index (κ1) is 31.5. The Labute approximate surface area is 303 Å². The molecular formula is C48H36N2O2. The first-order chi connectivity index (χ1) is 25.3. The van der Waals surface area contributed by atoms with Gasteiger partial charge in [0.1, 0.15) is 0 Å². The lowest BCUT2D eigenvalue weighted by molar-refractivity contribution is 0.0926. The van der Waals surface area contributed by atoms with Crippen molar-refractivity contribution in [3.05, 3.63) is 179 Å². The molecule has 1 aliphatic heterocycles. The van der Waals surface area contributed by atoms with Crippen molar-refractivity contribution in [1.82, 2.24) is 4.57 Å². The number of amides is 2. The van der Waals surface area contributed by atoms with Gasteiger partial charge in [-0.15, -0.1) is 0 Å². The van der Waals surface area contributed by atoms with Crippen LogP contribution < -0.4 is 4.90 Å². The maximum absolute atomic E-state index is 14.7. The number of nitrogens with zero attached hydrogens (tertiary/aromatic N) is 2. The molecule has 1 aromatic heterocycles.